The summed E-state index contributed by atoms with van der Waals surface area (Å²) in [5, 5.41) is 3.87. The molecule has 0 spiro atoms. The lowest BCUT2D eigenvalue weighted by Crippen LogP contribution is -2.60. The van der Waals surface area contributed by atoms with Crippen LogP contribution in [0.25, 0.3) is 30.3 Å². The molecule has 0 saturated heterocycles. The topological polar surface area (TPSA) is 9.72 Å². The fourth-order valence-corrected chi connectivity index (χ4v) is 14.5. The summed E-state index contributed by atoms with van der Waals surface area (Å²) in [7, 11) is 0. The van der Waals surface area contributed by atoms with Gasteiger partial charge in [0, 0.05) is 69.2 Å². The normalized spacial score (nSPS) is 13.9. The molecule has 2 aromatic heterocycles. The maximum absolute atomic E-state index is 2.67. The highest BCUT2D eigenvalue weighted by Gasteiger charge is 2.48. The minimum Gasteiger partial charge on any atom is -0.310 e. The molecule has 6 heteroatoms. The summed E-state index contributed by atoms with van der Waals surface area (Å²) in [6.45, 7) is 37.0. The zero-order valence-corrected chi connectivity index (χ0v) is 49.9. The fourth-order valence-electron chi connectivity index (χ4n) is 12.0. The summed E-state index contributed by atoms with van der Waals surface area (Å²) in [6.07, 6.45) is 0. The minimum atomic E-state index is -0.0713. The van der Waals surface area contributed by atoms with Crippen LogP contribution in [-0.4, -0.2) is 6.71 Å². The second kappa shape index (κ2) is 17.7. The van der Waals surface area contributed by atoms with Crippen LogP contribution in [0.3, 0.4) is 0 Å². The number of hydrogen-bond donors (Lipinski definition) is 0. The van der Waals surface area contributed by atoms with Crippen LogP contribution < -0.4 is 30.4 Å². The highest BCUT2D eigenvalue weighted by molar-refractivity contribution is 7.34. The Hall–Kier alpha value is -6.60. The fraction of sp³-hybridized carbons (Fsp3) is 0.296. The van der Waals surface area contributed by atoms with Crippen molar-refractivity contribution >= 4 is 127 Å². The van der Waals surface area contributed by atoms with E-state index in [0.29, 0.717) is 0 Å². The summed E-state index contributed by atoms with van der Waals surface area (Å²) in [5.74, 6) is 0. The minimum absolute atomic E-state index is 0.00511. The van der Waals surface area contributed by atoms with Crippen LogP contribution in [0.15, 0.2) is 158 Å². The molecule has 4 heterocycles. The van der Waals surface area contributed by atoms with Crippen LogP contribution in [0.5, 0.6) is 0 Å². The van der Waals surface area contributed by atoms with Gasteiger partial charge in [-0.1, -0.05) is 177 Å². The van der Waals surface area contributed by atoms with Crippen molar-refractivity contribution < 1.29 is 0 Å². The molecule has 0 atom stereocenters. The molecule has 77 heavy (non-hydrogen) atoms. The second-order valence-electron chi connectivity index (χ2n) is 27.3. The molecule has 0 N–H and O–H groups in total. The quantitative estimate of drug-likeness (QED) is 0.159. The Kier molecular flexibility index (Phi) is 11.8. The average molecular weight is 1040 g/mol. The first-order valence-electron chi connectivity index (χ1n) is 27.8. The molecule has 0 bridgehead atoms. The van der Waals surface area contributed by atoms with Gasteiger partial charge in [0.05, 0.1) is 17.1 Å². The van der Waals surface area contributed by atoms with Gasteiger partial charge >= 0.3 is 0 Å². The Morgan fingerprint density at radius 2 is 0.831 bits per heavy atom. The molecule has 0 amide bonds. The van der Waals surface area contributed by atoms with Crippen molar-refractivity contribution in [3.05, 3.63) is 191 Å². The van der Waals surface area contributed by atoms with Crippen molar-refractivity contribution in [3.8, 4) is 0 Å². The van der Waals surface area contributed by atoms with E-state index < -0.39 is 0 Å². The van der Waals surface area contributed by atoms with Crippen molar-refractivity contribution in [1.29, 1.82) is 0 Å². The standard InChI is InChI=1S/C71H74BN3S2/c1-43-39-56-62-57(40-43)75(52-36-27-47(28-37-52)70(11,12)13)64-55(72(62)66-63(54-41-48(71(14,15)16)29-38-59(54)77-66)74(56)51-34-25-46(26-35-51)69(8,9)10)42-60-61(53-19-17-18-20-58(53)76-60)65(64)73(49-30-21-44(22-31-49)67(2,3)4)50-32-23-45(24-33-50)68(5,6)7/h17-42H,1-16H3. The zero-order chi connectivity index (χ0) is 54.5. The second-order valence-corrected chi connectivity index (χ2v) is 29.4. The lowest BCUT2D eigenvalue weighted by molar-refractivity contribution is 0.590. The van der Waals surface area contributed by atoms with Gasteiger partial charge in [-0.3, -0.25) is 0 Å². The predicted molar refractivity (Wildman–Crippen MR) is 342 cm³/mol. The summed E-state index contributed by atoms with van der Waals surface area (Å²) in [5.41, 5.74) is 21.3. The molecule has 388 valence electrons. The third-order valence-electron chi connectivity index (χ3n) is 16.5. The Bertz CT molecular complexity index is 3880. The van der Waals surface area contributed by atoms with Crippen LogP contribution >= 0.6 is 22.7 Å². The van der Waals surface area contributed by atoms with Gasteiger partial charge in [0.15, 0.2) is 0 Å². The van der Waals surface area contributed by atoms with E-state index in [0.717, 1.165) is 17.1 Å². The molecule has 2 aliphatic rings. The first kappa shape index (κ1) is 51.2. The number of nitrogens with zero attached hydrogens (tertiary/aromatic N) is 3. The van der Waals surface area contributed by atoms with Gasteiger partial charge in [-0.2, -0.15) is 0 Å². The molecule has 0 aliphatic carbocycles. The molecule has 0 fully saturated rings. The van der Waals surface area contributed by atoms with Crippen molar-refractivity contribution in [2.24, 2.45) is 0 Å². The molecule has 0 unspecified atom stereocenters. The van der Waals surface area contributed by atoms with Gasteiger partial charge in [0.1, 0.15) is 0 Å². The number of fused-ring (bicyclic) bond motifs is 9. The predicted octanol–water partition coefficient (Wildman–Crippen LogP) is 19.6. The molecule has 10 aromatic rings. The summed E-state index contributed by atoms with van der Waals surface area (Å²) < 4.78 is 5.28. The molecule has 8 aromatic carbocycles. The van der Waals surface area contributed by atoms with Crippen LogP contribution in [0.2, 0.25) is 0 Å². The van der Waals surface area contributed by atoms with E-state index in [-0.39, 0.29) is 33.8 Å². The Balaban J connectivity index is 1.26. The monoisotopic (exact) mass is 1040 g/mol. The summed E-state index contributed by atoms with van der Waals surface area (Å²) >= 11 is 3.92. The van der Waals surface area contributed by atoms with E-state index in [1.54, 1.807) is 0 Å². The molecular weight excluding hydrogens is 970 g/mol. The van der Waals surface area contributed by atoms with Crippen LogP contribution in [0, 0.1) is 6.92 Å². The smallest absolute Gasteiger partial charge is 0.264 e. The zero-order valence-electron chi connectivity index (χ0n) is 48.2. The first-order valence-corrected chi connectivity index (χ1v) is 29.4. The van der Waals surface area contributed by atoms with E-state index >= 15 is 0 Å². The van der Waals surface area contributed by atoms with Crippen molar-refractivity contribution in [2.75, 3.05) is 14.7 Å². The Labute approximate surface area is 467 Å². The van der Waals surface area contributed by atoms with Gasteiger partial charge in [-0.05, 0) is 163 Å². The van der Waals surface area contributed by atoms with Crippen molar-refractivity contribution in [3.63, 3.8) is 0 Å². The number of hydrogen-bond acceptors (Lipinski definition) is 5. The number of benzene rings is 8. The average Bonchev–Trinajstić information content (AvgIpc) is 4.14. The Morgan fingerprint density at radius 1 is 0.403 bits per heavy atom. The Morgan fingerprint density at radius 3 is 1.31 bits per heavy atom. The van der Waals surface area contributed by atoms with Gasteiger partial charge in [-0.15, -0.1) is 22.7 Å². The van der Waals surface area contributed by atoms with E-state index in [1.807, 2.05) is 22.7 Å². The summed E-state index contributed by atoms with van der Waals surface area (Å²) in [4.78, 5) is 7.92. The summed E-state index contributed by atoms with van der Waals surface area (Å²) in [6, 6.07) is 61.9. The van der Waals surface area contributed by atoms with Crippen LogP contribution in [0.1, 0.15) is 137 Å². The SMILES string of the molecule is Cc1cc2c3c(c1)N(c1ccc(C(C)(C)C)cc1)c1c(sc4ccc(C(C)(C)C)cc14)B3c1cc3sc4ccccc4c3c(N(c3ccc(C(C)(C)C)cc3)c3ccc(C(C)(C)C)cc3)c1N2c1ccc(C(C)(C)C)cc1. The highest BCUT2D eigenvalue weighted by Crippen LogP contribution is 2.56. The maximum atomic E-state index is 2.67. The lowest BCUT2D eigenvalue weighted by atomic mass is 9.36. The van der Waals surface area contributed by atoms with Gasteiger partial charge < -0.3 is 14.7 Å². The van der Waals surface area contributed by atoms with E-state index in [9.17, 15) is 0 Å². The third kappa shape index (κ3) is 8.61. The first-order chi connectivity index (χ1) is 36.3. The number of aryl methyl sites for hydroxylation is 1. The lowest BCUT2D eigenvalue weighted by Gasteiger charge is -2.45. The van der Waals surface area contributed by atoms with Gasteiger partial charge in [0.25, 0.3) is 6.71 Å². The molecule has 2 aliphatic heterocycles. The third-order valence-corrected chi connectivity index (χ3v) is 18.8. The molecule has 12 rings (SSSR count). The molecular formula is C71H74BN3S2. The number of thiophene rings is 2. The largest absolute Gasteiger partial charge is 0.310 e. The highest BCUT2D eigenvalue weighted by atomic mass is 32.1. The van der Waals surface area contributed by atoms with Gasteiger partial charge in [0.2, 0.25) is 0 Å². The van der Waals surface area contributed by atoms with E-state index in [4.69, 9.17) is 0 Å². The van der Waals surface area contributed by atoms with Crippen molar-refractivity contribution in [1.82, 2.24) is 0 Å². The van der Waals surface area contributed by atoms with Gasteiger partial charge in [-0.25, -0.2) is 0 Å². The number of rotatable bonds is 5. The van der Waals surface area contributed by atoms with E-state index in [1.165, 1.54) is 113 Å². The molecule has 0 radical (unpaired) electrons. The van der Waals surface area contributed by atoms with Crippen LogP contribution in [0.4, 0.5) is 51.2 Å². The maximum Gasteiger partial charge on any atom is 0.264 e. The number of anilines is 9. The molecule has 0 saturated carbocycles. The van der Waals surface area contributed by atoms with Crippen molar-refractivity contribution in [2.45, 2.75) is 138 Å². The van der Waals surface area contributed by atoms with E-state index in [2.05, 4.69) is 283 Å². The van der Waals surface area contributed by atoms with Crippen LogP contribution in [-0.2, 0) is 27.1 Å². The molecule has 3 nitrogen and oxygen atoms in total.